The normalized spacial score (nSPS) is 11.0. The zero-order valence-electron chi connectivity index (χ0n) is 19.1. The number of rotatable bonds is 9. The van der Waals surface area contributed by atoms with Gasteiger partial charge in [-0.15, -0.1) is 0 Å². The second-order valence-corrected chi connectivity index (χ2v) is 9.33. The fourth-order valence-corrected chi connectivity index (χ4v) is 4.37. The molecule has 0 saturated carbocycles. The van der Waals surface area contributed by atoms with Gasteiger partial charge in [0.2, 0.25) is 0 Å². The summed E-state index contributed by atoms with van der Waals surface area (Å²) in [6, 6.07) is 17.1. The Morgan fingerprint density at radius 2 is 1.58 bits per heavy atom. The lowest BCUT2D eigenvalue weighted by atomic mass is 10.1. The summed E-state index contributed by atoms with van der Waals surface area (Å²) in [6.45, 7) is 4.08. The number of hydrogen-bond acceptors (Lipinski definition) is 5. The third kappa shape index (κ3) is 6.04. The van der Waals surface area contributed by atoms with Crippen molar-refractivity contribution in [2.45, 2.75) is 25.2 Å². The van der Waals surface area contributed by atoms with Gasteiger partial charge in [-0.05, 0) is 67.8 Å². The van der Waals surface area contributed by atoms with Gasteiger partial charge in [-0.2, -0.15) is 0 Å². The molecule has 8 heteroatoms. The fourth-order valence-electron chi connectivity index (χ4n) is 3.25. The minimum absolute atomic E-state index is 0.164. The molecule has 0 spiro atoms. The number of anilines is 1. The molecule has 3 aromatic carbocycles. The summed E-state index contributed by atoms with van der Waals surface area (Å²) < 4.78 is 38.6. The lowest BCUT2D eigenvalue weighted by Crippen LogP contribution is -2.26. The van der Waals surface area contributed by atoms with E-state index in [1.807, 2.05) is 25.1 Å². The number of carbonyl (C=O) groups is 1. The van der Waals surface area contributed by atoms with Crippen molar-refractivity contribution >= 4 is 21.6 Å². The van der Waals surface area contributed by atoms with E-state index in [1.54, 1.807) is 63.6 Å². The van der Waals surface area contributed by atoms with Crippen LogP contribution in [0.25, 0.3) is 0 Å². The van der Waals surface area contributed by atoms with Crippen LogP contribution in [0.1, 0.15) is 27.0 Å². The largest absolute Gasteiger partial charge is 0.493 e. The third-order valence-electron chi connectivity index (χ3n) is 5.22. The maximum atomic E-state index is 12.7. The minimum atomic E-state index is -3.76. The molecule has 0 atom stereocenters. The summed E-state index contributed by atoms with van der Waals surface area (Å²) >= 11 is 0. The molecule has 0 aliphatic heterocycles. The Hall–Kier alpha value is -3.52. The lowest BCUT2D eigenvalue weighted by Gasteiger charge is -2.13. The van der Waals surface area contributed by atoms with Crippen LogP contribution in [0.3, 0.4) is 0 Å². The van der Waals surface area contributed by atoms with Gasteiger partial charge in [-0.1, -0.05) is 29.8 Å². The van der Waals surface area contributed by atoms with Crippen LogP contribution in [0, 0.1) is 13.8 Å². The number of benzene rings is 3. The number of methoxy groups -OCH3 is 2. The maximum absolute atomic E-state index is 12.7. The zero-order valence-corrected chi connectivity index (χ0v) is 20.0. The van der Waals surface area contributed by atoms with Crippen LogP contribution in [0.5, 0.6) is 11.5 Å². The van der Waals surface area contributed by atoms with Crippen molar-refractivity contribution in [2.75, 3.05) is 25.5 Å². The third-order valence-corrected chi connectivity index (χ3v) is 6.60. The molecule has 0 radical (unpaired) electrons. The highest BCUT2D eigenvalue weighted by atomic mass is 32.2. The number of amides is 1. The molecule has 174 valence electrons. The summed E-state index contributed by atoms with van der Waals surface area (Å²) in [5.74, 6) is 0.988. The summed E-state index contributed by atoms with van der Waals surface area (Å²) in [7, 11) is -0.612. The van der Waals surface area contributed by atoms with Gasteiger partial charge in [-0.25, -0.2) is 8.42 Å². The molecule has 0 bridgehead atoms. The minimum Gasteiger partial charge on any atom is -0.493 e. The smallest absolute Gasteiger partial charge is 0.261 e. The Balaban J connectivity index is 1.67. The van der Waals surface area contributed by atoms with Gasteiger partial charge in [0.15, 0.2) is 11.5 Å². The first-order valence-corrected chi connectivity index (χ1v) is 11.9. The van der Waals surface area contributed by atoms with Crippen LogP contribution in [0.2, 0.25) is 0 Å². The first kappa shape index (κ1) is 24.1. The van der Waals surface area contributed by atoms with Gasteiger partial charge < -0.3 is 14.8 Å². The monoisotopic (exact) mass is 468 g/mol. The molecule has 7 nitrogen and oxygen atoms in total. The van der Waals surface area contributed by atoms with E-state index in [1.165, 1.54) is 0 Å². The summed E-state index contributed by atoms with van der Waals surface area (Å²) in [4.78, 5) is 12.8. The second-order valence-electron chi connectivity index (χ2n) is 7.64. The van der Waals surface area contributed by atoms with E-state index >= 15 is 0 Å². The molecule has 33 heavy (non-hydrogen) atoms. The molecule has 3 rings (SSSR count). The van der Waals surface area contributed by atoms with Gasteiger partial charge in [0.1, 0.15) is 0 Å². The van der Waals surface area contributed by atoms with Crippen LogP contribution in [-0.4, -0.2) is 35.1 Å². The van der Waals surface area contributed by atoms with E-state index < -0.39 is 10.0 Å². The number of sulfonamides is 1. The van der Waals surface area contributed by atoms with Crippen molar-refractivity contribution in [3.8, 4) is 11.5 Å². The number of ether oxygens (including phenoxy) is 2. The van der Waals surface area contributed by atoms with Gasteiger partial charge >= 0.3 is 0 Å². The van der Waals surface area contributed by atoms with Gasteiger partial charge in [0.05, 0.1) is 24.8 Å². The summed E-state index contributed by atoms with van der Waals surface area (Å²) in [6.07, 6.45) is 0.602. The number of nitrogens with one attached hydrogen (secondary N) is 2. The van der Waals surface area contributed by atoms with Crippen LogP contribution < -0.4 is 19.5 Å². The Bertz CT molecular complexity index is 1240. The first-order chi connectivity index (χ1) is 15.7. The van der Waals surface area contributed by atoms with Crippen LogP contribution in [0.4, 0.5) is 5.69 Å². The number of hydrogen-bond donors (Lipinski definition) is 2. The molecular weight excluding hydrogens is 440 g/mol. The number of aryl methyl sites for hydroxylation is 2. The van der Waals surface area contributed by atoms with E-state index in [4.69, 9.17) is 9.47 Å². The molecule has 1 amide bonds. The van der Waals surface area contributed by atoms with E-state index in [0.717, 1.165) is 11.1 Å². The highest BCUT2D eigenvalue weighted by Gasteiger charge is 2.16. The number of carbonyl (C=O) groups excluding carboxylic acids is 1. The van der Waals surface area contributed by atoms with Gasteiger partial charge in [-0.3, -0.25) is 9.52 Å². The van der Waals surface area contributed by atoms with E-state index in [2.05, 4.69) is 10.0 Å². The Labute approximate surface area is 194 Å². The highest BCUT2D eigenvalue weighted by Crippen LogP contribution is 2.27. The van der Waals surface area contributed by atoms with E-state index in [9.17, 15) is 13.2 Å². The Morgan fingerprint density at radius 1 is 0.879 bits per heavy atom. The molecular formula is C25H28N2O5S. The molecule has 0 saturated heterocycles. The van der Waals surface area contributed by atoms with Crippen molar-refractivity contribution in [3.05, 3.63) is 82.9 Å². The zero-order chi connectivity index (χ0) is 24.0. The van der Waals surface area contributed by atoms with Crippen molar-refractivity contribution in [3.63, 3.8) is 0 Å². The van der Waals surface area contributed by atoms with Crippen molar-refractivity contribution < 1.29 is 22.7 Å². The molecule has 0 unspecified atom stereocenters. The maximum Gasteiger partial charge on any atom is 0.261 e. The average molecular weight is 469 g/mol. The summed E-state index contributed by atoms with van der Waals surface area (Å²) in [5.41, 5.74) is 3.41. The Kier molecular flexibility index (Phi) is 7.60. The molecule has 0 fully saturated rings. The van der Waals surface area contributed by atoms with Crippen LogP contribution >= 0.6 is 0 Å². The lowest BCUT2D eigenvalue weighted by molar-refractivity contribution is 0.0954. The summed E-state index contributed by atoms with van der Waals surface area (Å²) in [5, 5.41) is 2.87. The van der Waals surface area contributed by atoms with Crippen molar-refractivity contribution in [1.29, 1.82) is 0 Å². The van der Waals surface area contributed by atoms with Gasteiger partial charge in [0, 0.05) is 12.1 Å². The predicted molar refractivity (Wildman–Crippen MR) is 129 cm³/mol. The predicted octanol–water partition coefficient (Wildman–Crippen LogP) is 4.09. The average Bonchev–Trinajstić information content (AvgIpc) is 2.80. The van der Waals surface area contributed by atoms with E-state index in [0.29, 0.717) is 41.3 Å². The molecule has 0 aliphatic carbocycles. The fraction of sp³-hybridized carbons (Fsp3) is 0.240. The highest BCUT2D eigenvalue weighted by molar-refractivity contribution is 7.92. The molecule has 0 aliphatic rings. The van der Waals surface area contributed by atoms with Crippen LogP contribution in [-0.2, 0) is 16.4 Å². The molecule has 0 heterocycles. The van der Waals surface area contributed by atoms with E-state index in [-0.39, 0.29) is 10.8 Å². The topological polar surface area (TPSA) is 93.7 Å². The first-order valence-electron chi connectivity index (χ1n) is 10.4. The SMILES string of the molecule is COc1ccc(CCNC(=O)c2ccc(C)c(NS(=O)(=O)c3ccc(C)cc3)c2)cc1OC. The quantitative estimate of drug-likeness (QED) is 0.493. The molecule has 0 aromatic heterocycles. The molecule has 2 N–H and O–H groups in total. The second kappa shape index (κ2) is 10.4. The standard InChI is InChI=1S/C25H28N2O5S/c1-17-5-10-21(11-6-17)33(29,30)27-22-16-20(9-7-18(22)2)25(28)26-14-13-19-8-12-23(31-3)24(15-19)32-4/h5-12,15-16,27H,13-14H2,1-4H3,(H,26,28). The molecule has 3 aromatic rings. The Morgan fingerprint density at radius 3 is 2.24 bits per heavy atom. The van der Waals surface area contributed by atoms with Crippen LogP contribution in [0.15, 0.2) is 65.6 Å². The van der Waals surface area contributed by atoms with Crippen molar-refractivity contribution in [1.82, 2.24) is 5.32 Å². The van der Waals surface area contributed by atoms with Crippen molar-refractivity contribution in [2.24, 2.45) is 0 Å². The van der Waals surface area contributed by atoms with Gasteiger partial charge in [0.25, 0.3) is 15.9 Å².